The molecule has 0 atom stereocenters. The fraction of sp³-hybridized carbons (Fsp3) is 0.750. The Morgan fingerprint density at radius 2 is 2.00 bits per heavy atom. The molecule has 4 nitrogen and oxygen atoms in total. The number of hydrogen-bond acceptors (Lipinski definition) is 3. The van der Waals surface area contributed by atoms with Crippen molar-refractivity contribution < 1.29 is 0 Å². The lowest BCUT2D eigenvalue weighted by Gasteiger charge is -2.22. The highest BCUT2D eigenvalue weighted by Gasteiger charge is 2.23. The molecule has 0 aliphatic rings. The first-order valence-corrected chi connectivity index (χ1v) is 4.04. The zero-order valence-electron chi connectivity index (χ0n) is 8.34. The fourth-order valence-electron chi connectivity index (χ4n) is 1.17. The number of aryl methyl sites for hydroxylation is 2. The molecule has 68 valence electrons. The number of rotatable bonds is 2. The molecule has 1 N–H and O–H groups in total. The van der Waals surface area contributed by atoms with Gasteiger partial charge >= 0.3 is 0 Å². The van der Waals surface area contributed by atoms with Gasteiger partial charge in [0.25, 0.3) is 0 Å². The van der Waals surface area contributed by atoms with Crippen molar-refractivity contribution in [3.8, 4) is 0 Å². The van der Waals surface area contributed by atoms with Crippen LogP contribution in [0.2, 0.25) is 0 Å². The van der Waals surface area contributed by atoms with E-state index in [-0.39, 0.29) is 5.54 Å². The lowest BCUT2D eigenvalue weighted by atomic mass is 10.1. The molecule has 1 rings (SSSR count). The normalized spacial score (nSPS) is 12.1. The molecule has 0 aliphatic heterocycles. The lowest BCUT2D eigenvalue weighted by Crippen LogP contribution is -2.36. The van der Waals surface area contributed by atoms with Crippen molar-refractivity contribution in [1.29, 1.82) is 0 Å². The van der Waals surface area contributed by atoms with Crippen molar-refractivity contribution >= 4 is 0 Å². The summed E-state index contributed by atoms with van der Waals surface area (Å²) in [6, 6.07) is 0. The van der Waals surface area contributed by atoms with Crippen LogP contribution in [0.25, 0.3) is 0 Å². The van der Waals surface area contributed by atoms with E-state index in [9.17, 15) is 0 Å². The first kappa shape index (κ1) is 9.19. The smallest absolute Gasteiger partial charge is 0.147 e. The lowest BCUT2D eigenvalue weighted by molar-refractivity contribution is 0.397. The number of nitrogens with zero attached hydrogens (tertiary/aromatic N) is 3. The van der Waals surface area contributed by atoms with Crippen LogP contribution in [0.3, 0.4) is 0 Å². The van der Waals surface area contributed by atoms with Gasteiger partial charge in [0.05, 0.1) is 5.54 Å². The summed E-state index contributed by atoms with van der Waals surface area (Å²) in [6.45, 7) is 6.06. The Morgan fingerprint density at radius 1 is 1.42 bits per heavy atom. The molecule has 0 radical (unpaired) electrons. The molecule has 0 saturated heterocycles. The first-order chi connectivity index (χ1) is 5.47. The molecule has 4 heteroatoms. The Labute approximate surface area is 73.0 Å². The summed E-state index contributed by atoms with van der Waals surface area (Å²) < 4.78 is 1.81. The predicted octanol–water partition coefficient (Wildman–Crippen LogP) is 0.578. The van der Waals surface area contributed by atoms with Crippen molar-refractivity contribution in [3.63, 3.8) is 0 Å². The average Bonchev–Trinajstić information content (AvgIpc) is 2.31. The van der Waals surface area contributed by atoms with Crippen molar-refractivity contribution in [1.82, 2.24) is 20.1 Å². The monoisotopic (exact) mass is 168 g/mol. The van der Waals surface area contributed by atoms with Gasteiger partial charge in [-0.3, -0.25) is 4.68 Å². The average molecular weight is 168 g/mol. The van der Waals surface area contributed by atoms with Crippen molar-refractivity contribution in [2.45, 2.75) is 26.3 Å². The van der Waals surface area contributed by atoms with E-state index in [1.54, 1.807) is 0 Å². The highest BCUT2D eigenvalue weighted by Crippen LogP contribution is 2.15. The maximum Gasteiger partial charge on any atom is 0.147 e. The van der Waals surface area contributed by atoms with E-state index < -0.39 is 0 Å². The molecule has 1 aromatic rings. The first-order valence-electron chi connectivity index (χ1n) is 4.04. The van der Waals surface area contributed by atoms with E-state index >= 15 is 0 Å². The van der Waals surface area contributed by atoms with Crippen LogP contribution in [0.15, 0.2) is 0 Å². The maximum absolute atomic E-state index is 4.34. The summed E-state index contributed by atoms with van der Waals surface area (Å²) in [6.07, 6.45) is 0. The third-order valence-corrected chi connectivity index (χ3v) is 2.05. The van der Waals surface area contributed by atoms with E-state index in [4.69, 9.17) is 0 Å². The molecule has 1 aromatic heterocycles. The van der Waals surface area contributed by atoms with E-state index in [1.165, 1.54) is 0 Å². The molecule has 0 aliphatic carbocycles. The van der Waals surface area contributed by atoms with E-state index in [2.05, 4.69) is 29.2 Å². The molecule has 0 unspecified atom stereocenters. The minimum Gasteiger partial charge on any atom is -0.308 e. The summed E-state index contributed by atoms with van der Waals surface area (Å²) >= 11 is 0. The molecule has 12 heavy (non-hydrogen) atoms. The number of hydrogen-bond donors (Lipinski definition) is 1. The third-order valence-electron chi connectivity index (χ3n) is 2.05. The Balaban J connectivity index is 3.09. The maximum atomic E-state index is 4.34. The van der Waals surface area contributed by atoms with E-state index in [0.717, 1.165) is 11.6 Å². The van der Waals surface area contributed by atoms with Gasteiger partial charge in [0.15, 0.2) is 0 Å². The zero-order chi connectivity index (χ0) is 9.35. The summed E-state index contributed by atoms with van der Waals surface area (Å²) in [4.78, 5) is 4.34. The largest absolute Gasteiger partial charge is 0.308 e. The second kappa shape index (κ2) is 2.86. The van der Waals surface area contributed by atoms with Gasteiger partial charge in [0.1, 0.15) is 11.6 Å². The van der Waals surface area contributed by atoms with Gasteiger partial charge in [0, 0.05) is 7.05 Å². The van der Waals surface area contributed by atoms with Crippen LogP contribution < -0.4 is 5.32 Å². The molecule has 0 saturated carbocycles. The Bertz CT molecular complexity index is 275. The molecule has 0 fully saturated rings. The molecular formula is C8H16N4. The Morgan fingerprint density at radius 3 is 2.33 bits per heavy atom. The highest BCUT2D eigenvalue weighted by atomic mass is 15.3. The molecule has 0 spiro atoms. The topological polar surface area (TPSA) is 42.7 Å². The summed E-state index contributed by atoms with van der Waals surface area (Å²) in [5.74, 6) is 1.78. The third kappa shape index (κ3) is 1.48. The summed E-state index contributed by atoms with van der Waals surface area (Å²) in [5.41, 5.74) is -0.115. The fourth-order valence-corrected chi connectivity index (χ4v) is 1.17. The molecular weight excluding hydrogens is 152 g/mol. The van der Waals surface area contributed by atoms with Crippen LogP contribution in [-0.2, 0) is 12.6 Å². The van der Waals surface area contributed by atoms with Crippen LogP contribution in [0.4, 0.5) is 0 Å². The van der Waals surface area contributed by atoms with Crippen LogP contribution in [-0.4, -0.2) is 21.8 Å². The molecule has 0 bridgehead atoms. The Hall–Kier alpha value is -0.900. The van der Waals surface area contributed by atoms with Gasteiger partial charge in [-0.25, -0.2) is 4.98 Å². The zero-order valence-corrected chi connectivity index (χ0v) is 8.34. The van der Waals surface area contributed by atoms with Crippen molar-refractivity contribution in [3.05, 3.63) is 11.6 Å². The standard InChI is InChI=1S/C8H16N4/c1-6-10-7(12(5)11-6)8(2,3)9-4/h9H,1-5H3. The SMILES string of the molecule is CNC(C)(C)c1nc(C)nn1C. The number of aromatic nitrogens is 3. The van der Waals surface area contributed by atoms with E-state index in [0.29, 0.717) is 0 Å². The van der Waals surface area contributed by atoms with Gasteiger partial charge in [-0.15, -0.1) is 0 Å². The van der Waals surface area contributed by atoms with Gasteiger partial charge in [-0.05, 0) is 27.8 Å². The van der Waals surface area contributed by atoms with E-state index in [1.807, 2.05) is 25.7 Å². The quantitative estimate of drug-likeness (QED) is 0.702. The van der Waals surface area contributed by atoms with Gasteiger partial charge in [-0.2, -0.15) is 5.10 Å². The van der Waals surface area contributed by atoms with Crippen molar-refractivity contribution in [2.75, 3.05) is 7.05 Å². The van der Waals surface area contributed by atoms with Gasteiger partial charge in [-0.1, -0.05) is 0 Å². The minimum atomic E-state index is -0.115. The molecule has 1 heterocycles. The summed E-state index contributed by atoms with van der Waals surface area (Å²) in [7, 11) is 3.83. The van der Waals surface area contributed by atoms with Crippen LogP contribution >= 0.6 is 0 Å². The van der Waals surface area contributed by atoms with Gasteiger partial charge < -0.3 is 5.32 Å². The summed E-state index contributed by atoms with van der Waals surface area (Å²) in [5, 5.41) is 7.38. The van der Waals surface area contributed by atoms with Gasteiger partial charge in [0.2, 0.25) is 0 Å². The number of nitrogens with one attached hydrogen (secondary N) is 1. The van der Waals surface area contributed by atoms with Crippen LogP contribution in [0.1, 0.15) is 25.5 Å². The molecule has 0 amide bonds. The predicted molar refractivity (Wildman–Crippen MR) is 47.8 cm³/mol. The van der Waals surface area contributed by atoms with Crippen LogP contribution in [0.5, 0.6) is 0 Å². The Kier molecular flexibility index (Phi) is 2.19. The minimum absolute atomic E-state index is 0.115. The second-order valence-electron chi connectivity index (χ2n) is 3.48. The molecule has 0 aromatic carbocycles. The highest BCUT2D eigenvalue weighted by molar-refractivity contribution is 5.03. The van der Waals surface area contributed by atoms with Crippen molar-refractivity contribution in [2.24, 2.45) is 7.05 Å². The van der Waals surface area contributed by atoms with Crippen LogP contribution in [0, 0.1) is 6.92 Å². The second-order valence-corrected chi connectivity index (χ2v) is 3.48.